The summed E-state index contributed by atoms with van der Waals surface area (Å²) in [4.78, 5) is 44.4. The number of para-hydroxylation sites is 1. The van der Waals surface area contributed by atoms with Crippen LogP contribution in [0.3, 0.4) is 0 Å². The summed E-state index contributed by atoms with van der Waals surface area (Å²) in [5.74, 6) is 0.428. The van der Waals surface area contributed by atoms with Crippen LogP contribution >= 0.6 is 11.3 Å². The summed E-state index contributed by atoms with van der Waals surface area (Å²) in [6, 6.07) is 22.9. The van der Waals surface area contributed by atoms with E-state index in [9.17, 15) is 14.4 Å². The molecule has 9 nitrogen and oxygen atoms in total. The number of hydrogen-bond donors (Lipinski definition) is 1. The van der Waals surface area contributed by atoms with E-state index in [0.717, 1.165) is 11.1 Å². The third-order valence-corrected chi connectivity index (χ3v) is 7.63. The Hall–Kier alpha value is -4.96. The lowest BCUT2D eigenvalue weighted by molar-refractivity contribution is -0.145. The van der Waals surface area contributed by atoms with Crippen LogP contribution < -0.4 is 29.7 Å². The molecule has 0 radical (unpaired) electrons. The number of hydrogen-bond acceptors (Lipinski definition) is 8. The second-order valence-electron chi connectivity index (χ2n) is 9.57. The van der Waals surface area contributed by atoms with Gasteiger partial charge in [0.25, 0.3) is 11.5 Å². The Labute approximate surface area is 252 Å². The van der Waals surface area contributed by atoms with Gasteiger partial charge in [0.2, 0.25) is 0 Å². The zero-order valence-corrected chi connectivity index (χ0v) is 24.9. The number of amides is 1. The van der Waals surface area contributed by atoms with Crippen molar-refractivity contribution >= 4 is 35.0 Å². The molecule has 0 aliphatic carbocycles. The van der Waals surface area contributed by atoms with E-state index in [1.165, 1.54) is 11.3 Å². The predicted molar refractivity (Wildman–Crippen MR) is 165 cm³/mol. The first-order chi connectivity index (χ1) is 20.9. The van der Waals surface area contributed by atoms with E-state index in [1.807, 2.05) is 61.5 Å². The van der Waals surface area contributed by atoms with Gasteiger partial charge in [-0.2, -0.15) is 0 Å². The Morgan fingerprint density at radius 1 is 0.930 bits per heavy atom. The van der Waals surface area contributed by atoms with E-state index in [0.29, 0.717) is 44.4 Å². The van der Waals surface area contributed by atoms with Crippen LogP contribution in [0.5, 0.6) is 11.5 Å². The number of esters is 1. The molecule has 0 spiro atoms. The van der Waals surface area contributed by atoms with Crippen molar-refractivity contribution < 1.29 is 23.8 Å². The van der Waals surface area contributed by atoms with Crippen molar-refractivity contribution in [3.8, 4) is 11.5 Å². The second-order valence-corrected chi connectivity index (χ2v) is 10.6. The van der Waals surface area contributed by atoms with E-state index in [1.54, 1.807) is 48.8 Å². The number of anilines is 1. The Morgan fingerprint density at radius 2 is 1.60 bits per heavy atom. The molecule has 5 rings (SSSR count). The second kappa shape index (κ2) is 13.3. The van der Waals surface area contributed by atoms with Gasteiger partial charge in [-0.3, -0.25) is 14.2 Å². The van der Waals surface area contributed by atoms with Gasteiger partial charge < -0.3 is 19.5 Å². The molecule has 43 heavy (non-hydrogen) atoms. The molecule has 4 aromatic rings. The minimum absolute atomic E-state index is 0.184. The Balaban J connectivity index is 1.52. The van der Waals surface area contributed by atoms with Gasteiger partial charge in [-0.05, 0) is 74.4 Å². The lowest BCUT2D eigenvalue weighted by Gasteiger charge is -2.25. The summed E-state index contributed by atoms with van der Waals surface area (Å²) in [6.07, 6.45) is 1.78. The van der Waals surface area contributed by atoms with Crippen molar-refractivity contribution in [2.24, 2.45) is 4.99 Å². The van der Waals surface area contributed by atoms with Crippen LogP contribution in [0.15, 0.2) is 99.9 Å². The number of carbonyl (C=O) groups is 2. The van der Waals surface area contributed by atoms with E-state index in [-0.39, 0.29) is 24.7 Å². The number of benzene rings is 3. The van der Waals surface area contributed by atoms with Crippen LogP contribution in [0.4, 0.5) is 5.69 Å². The van der Waals surface area contributed by atoms with Gasteiger partial charge in [-0.1, -0.05) is 53.8 Å². The maximum absolute atomic E-state index is 13.9. The minimum atomic E-state index is -0.698. The quantitative estimate of drug-likeness (QED) is 0.275. The fraction of sp³-hybridized carbons (Fsp3) is 0.212. The summed E-state index contributed by atoms with van der Waals surface area (Å²) in [5, 5.41) is 2.96. The van der Waals surface area contributed by atoms with E-state index >= 15 is 0 Å². The Kier molecular flexibility index (Phi) is 9.17. The van der Waals surface area contributed by atoms with Crippen molar-refractivity contribution in [2.45, 2.75) is 26.8 Å². The minimum Gasteiger partial charge on any atom is -0.494 e. The molecular formula is C33H31N3O6S. The van der Waals surface area contributed by atoms with Crippen LogP contribution in [0.1, 0.15) is 37.9 Å². The number of allylic oxidation sites excluding steroid dienone is 1. The summed E-state index contributed by atoms with van der Waals surface area (Å²) >= 11 is 1.26. The first kappa shape index (κ1) is 29.5. The molecule has 2 heterocycles. The van der Waals surface area contributed by atoms with Gasteiger partial charge in [0.15, 0.2) is 11.4 Å². The number of rotatable bonds is 10. The maximum Gasteiger partial charge on any atom is 0.344 e. The van der Waals surface area contributed by atoms with Gasteiger partial charge in [0.1, 0.15) is 11.5 Å². The number of aromatic nitrogens is 1. The van der Waals surface area contributed by atoms with Crippen LogP contribution in [0.2, 0.25) is 0 Å². The standard InChI is InChI=1S/C33H31N3O6S/c1-4-40-25-17-13-23(14-18-25)30-29(31(38)35-24-9-7-6-8-10-24)21(3)34-33-36(30)32(39)27(43-33)19-22-11-15-26(16-12-22)42-20-28(37)41-5-2/h6-19,30H,4-5,20H2,1-3H3,(H,35,38)/b27-19-/t30-/m0/s1. The highest BCUT2D eigenvalue weighted by atomic mass is 32.1. The molecule has 0 unspecified atom stereocenters. The predicted octanol–water partition coefficient (Wildman–Crippen LogP) is 4.21. The fourth-order valence-electron chi connectivity index (χ4n) is 4.72. The fourth-order valence-corrected chi connectivity index (χ4v) is 5.76. The highest BCUT2D eigenvalue weighted by molar-refractivity contribution is 7.07. The molecule has 3 aromatic carbocycles. The third-order valence-electron chi connectivity index (χ3n) is 6.64. The monoisotopic (exact) mass is 597 g/mol. The van der Waals surface area contributed by atoms with Crippen molar-refractivity contribution in [1.29, 1.82) is 0 Å². The molecule has 0 saturated heterocycles. The lowest BCUT2D eigenvalue weighted by Crippen LogP contribution is -2.40. The van der Waals surface area contributed by atoms with Crippen molar-refractivity contribution in [2.75, 3.05) is 25.1 Å². The van der Waals surface area contributed by atoms with Crippen LogP contribution in [0, 0.1) is 0 Å². The molecule has 10 heteroatoms. The largest absolute Gasteiger partial charge is 0.494 e. The summed E-state index contributed by atoms with van der Waals surface area (Å²) in [5.41, 5.74) is 2.82. The highest BCUT2D eigenvalue weighted by Crippen LogP contribution is 2.31. The smallest absolute Gasteiger partial charge is 0.344 e. The molecular weight excluding hydrogens is 566 g/mol. The molecule has 1 aliphatic rings. The van der Waals surface area contributed by atoms with Crippen LogP contribution in [-0.4, -0.2) is 36.3 Å². The number of ether oxygens (including phenoxy) is 3. The first-order valence-electron chi connectivity index (χ1n) is 13.9. The van der Waals surface area contributed by atoms with Gasteiger partial charge in [-0.25, -0.2) is 9.79 Å². The molecule has 0 saturated carbocycles. The molecule has 1 N–H and O–H groups in total. The molecule has 1 atom stereocenters. The van der Waals surface area contributed by atoms with Gasteiger partial charge >= 0.3 is 5.97 Å². The molecule has 1 aromatic heterocycles. The summed E-state index contributed by atoms with van der Waals surface area (Å²) < 4.78 is 18.0. The van der Waals surface area contributed by atoms with Crippen molar-refractivity contribution in [1.82, 2.24) is 4.57 Å². The third kappa shape index (κ3) is 6.76. The van der Waals surface area contributed by atoms with E-state index < -0.39 is 12.0 Å². The molecule has 0 bridgehead atoms. The Morgan fingerprint density at radius 3 is 2.28 bits per heavy atom. The molecule has 1 aliphatic heterocycles. The normalized spacial score (nSPS) is 14.5. The maximum atomic E-state index is 13.9. The average Bonchev–Trinajstić information content (AvgIpc) is 3.31. The van der Waals surface area contributed by atoms with E-state index in [4.69, 9.17) is 19.2 Å². The number of nitrogens with one attached hydrogen (secondary N) is 1. The number of fused-ring (bicyclic) bond motifs is 1. The number of carbonyl (C=O) groups excluding carboxylic acids is 2. The zero-order chi connectivity index (χ0) is 30.3. The van der Waals surface area contributed by atoms with Gasteiger partial charge in [-0.15, -0.1) is 0 Å². The van der Waals surface area contributed by atoms with Gasteiger partial charge in [0, 0.05) is 5.69 Å². The average molecular weight is 598 g/mol. The number of thiazole rings is 1. The SMILES string of the molecule is CCOC(=O)COc1ccc(/C=c2\sc3n(c2=O)[C@@H](c2ccc(OCC)cc2)C(C(=O)Nc2ccccc2)=C(C)N=3)cc1. The molecule has 220 valence electrons. The number of nitrogens with zero attached hydrogens (tertiary/aromatic N) is 2. The first-order valence-corrected chi connectivity index (χ1v) is 14.7. The molecule has 1 amide bonds. The summed E-state index contributed by atoms with van der Waals surface area (Å²) in [6.45, 7) is 6.06. The molecule has 0 fully saturated rings. The topological polar surface area (TPSA) is 108 Å². The Bertz CT molecular complexity index is 1820. The van der Waals surface area contributed by atoms with Crippen molar-refractivity contribution in [3.63, 3.8) is 0 Å². The highest BCUT2D eigenvalue weighted by Gasteiger charge is 2.32. The van der Waals surface area contributed by atoms with Crippen LogP contribution in [-0.2, 0) is 14.3 Å². The summed E-state index contributed by atoms with van der Waals surface area (Å²) in [7, 11) is 0. The lowest BCUT2D eigenvalue weighted by atomic mass is 9.95. The van der Waals surface area contributed by atoms with Gasteiger partial charge in [0.05, 0.1) is 35.1 Å². The van der Waals surface area contributed by atoms with E-state index in [2.05, 4.69) is 5.32 Å². The zero-order valence-electron chi connectivity index (χ0n) is 24.0. The van der Waals surface area contributed by atoms with Crippen molar-refractivity contribution in [3.05, 3.63) is 121 Å². The van der Waals surface area contributed by atoms with Crippen LogP contribution in [0.25, 0.3) is 6.08 Å².